The number of nitrogens with zero attached hydrogens (tertiary/aromatic N) is 2. The summed E-state index contributed by atoms with van der Waals surface area (Å²) in [4.78, 5) is 8.31. The predicted octanol–water partition coefficient (Wildman–Crippen LogP) is 1.44. The topological polar surface area (TPSA) is 73.1 Å². The molecule has 0 aromatic carbocycles. The summed E-state index contributed by atoms with van der Waals surface area (Å²) in [6, 6.07) is 0. The highest BCUT2D eigenvalue weighted by Gasteiger charge is 2.10. The fraction of sp³-hybridized carbons (Fsp3) is 0.600. The lowest BCUT2D eigenvalue weighted by atomic mass is 10.2. The summed E-state index contributed by atoms with van der Waals surface area (Å²) >= 11 is 0. The van der Waals surface area contributed by atoms with Crippen LogP contribution in [0.3, 0.4) is 0 Å². The SMILES string of the molecule is COc1nc(C)nc(NCC(C)C)c1N. The van der Waals surface area contributed by atoms with Gasteiger partial charge in [0.05, 0.1) is 7.11 Å². The maximum Gasteiger partial charge on any atom is 0.242 e. The molecule has 0 saturated heterocycles. The number of nitrogens with two attached hydrogens (primary N) is 1. The Labute approximate surface area is 90.1 Å². The number of anilines is 2. The Balaban J connectivity index is 2.91. The van der Waals surface area contributed by atoms with E-state index >= 15 is 0 Å². The van der Waals surface area contributed by atoms with Gasteiger partial charge in [0.15, 0.2) is 5.82 Å². The van der Waals surface area contributed by atoms with Gasteiger partial charge in [-0.3, -0.25) is 0 Å². The van der Waals surface area contributed by atoms with E-state index in [1.165, 1.54) is 0 Å². The monoisotopic (exact) mass is 210 g/mol. The van der Waals surface area contributed by atoms with Crippen LogP contribution in [0.5, 0.6) is 5.88 Å². The molecule has 15 heavy (non-hydrogen) atoms. The highest BCUT2D eigenvalue weighted by molar-refractivity contribution is 5.66. The molecule has 1 aromatic rings. The van der Waals surface area contributed by atoms with Crippen molar-refractivity contribution in [2.75, 3.05) is 24.7 Å². The summed E-state index contributed by atoms with van der Waals surface area (Å²) in [5.41, 5.74) is 6.30. The summed E-state index contributed by atoms with van der Waals surface area (Å²) in [6.45, 7) is 6.87. The van der Waals surface area contributed by atoms with E-state index in [-0.39, 0.29) is 0 Å². The van der Waals surface area contributed by atoms with E-state index in [0.717, 1.165) is 6.54 Å². The molecule has 0 aliphatic carbocycles. The summed E-state index contributed by atoms with van der Waals surface area (Å²) in [5, 5.41) is 3.17. The maximum absolute atomic E-state index is 5.84. The molecule has 5 nitrogen and oxygen atoms in total. The van der Waals surface area contributed by atoms with Crippen molar-refractivity contribution in [3.05, 3.63) is 5.82 Å². The molecule has 1 aromatic heterocycles. The number of aryl methyl sites for hydroxylation is 1. The minimum Gasteiger partial charge on any atom is -0.479 e. The first-order chi connectivity index (χ1) is 7.04. The first-order valence-electron chi connectivity index (χ1n) is 4.96. The predicted molar refractivity (Wildman–Crippen MR) is 61.1 cm³/mol. The highest BCUT2D eigenvalue weighted by atomic mass is 16.5. The van der Waals surface area contributed by atoms with Crippen molar-refractivity contribution in [2.24, 2.45) is 5.92 Å². The zero-order valence-electron chi connectivity index (χ0n) is 9.66. The van der Waals surface area contributed by atoms with Crippen molar-refractivity contribution in [2.45, 2.75) is 20.8 Å². The Kier molecular flexibility index (Phi) is 3.71. The van der Waals surface area contributed by atoms with Gasteiger partial charge in [-0.25, -0.2) is 4.98 Å². The van der Waals surface area contributed by atoms with E-state index in [1.807, 2.05) is 6.92 Å². The lowest BCUT2D eigenvalue weighted by Crippen LogP contribution is -2.13. The first-order valence-corrected chi connectivity index (χ1v) is 4.96. The summed E-state index contributed by atoms with van der Waals surface area (Å²) in [7, 11) is 1.55. The quantitative estimate of drug-likeness (QED) is 0.786. The van der Waals surface area contributed by atoms with Crippen LogP contribution in [-0.2, 0) is 0 Å². The molecule has 1 heterocycles. The highest BCUT2D eigenvalue weighted by Crippen LogP contribution is 2.25. The van der Waals surface area contributed by atoms with E-state index in [0.29, 0.717) is 29.1 Å². The van der Waals surface area contributed by atoms with Crippen LogP contribution in [-0.4, -0.2) is 23.6 Å². The van der Waals surface area contributed by atoms with Gasteiger partial charge in [-0.1, -0.05) is 13.8 Å². The molecule has 0 radical (unpaired) electrons. The summed E-state index contributed by atoms with van der Waals surface area (Å²) < 4.78 is 5.06. The van der Waals surface area contributed by atoms with Crippen molar-refractivity contribution in [1.82, 2.24) is 9.97 Å². The average Bonchev–Trinajstić information content (AvgIpc) is 2.18. The number of nitrogens with one attached hydrogen (secondary N) is 1. The number of ether oxygens (including phenoxy) is 1. The van der Waals surface area contributed by atoms with Gasteiger partial charge >= 0.3 is 0 Å². The van der Waals surface area contributed by atoms with Crippen molar-refractivity contribution in [3.8, 4) is 5.88 Å². The number of methoxy groups -OCH3 is 1. The van der Waals surface area contributed by atoms with Gasteiger partial charge in [-0.2, -0.15) is 4.98 Å². The van der Waals surface area contributed by atoms with Gasteiger partial charge in [0.1, 0.15) is 11.5 Å². The molecule has 3 N–H and O–H groups in total. The van der Waals surface area contributed by atoms with Gasteiger partial charge in [-0.15, -0.1) is 0 Å². The molecule has 0 bridgehead atoms. The molecular weight excluding hydrogens is 192 g/mol. The summed E-state index contributed by atoms with van der Waals surface area (Å²) in [5.74, 6) is 2.25. The van der Waals surface area contributed by atoms with Gasteiger partial charge in [0.2, 0.25) is 5.88 Å². The lowest BCUT2D eigenvalue weighted by Gasteiger charge is -2.12. The smallest absolute Gasteiger partial charge is 0.242 e. The van der Waals surface area contributed by atoms with E-state index in [1.54, 1.807) is 7.11 Å². The molecule has 0 saturated carbocycles. The largest absolute Gasteiger partial charge is 0.479 e. The van der Waals surface area contributed by atoms with Crippen LogP contribution in [0.25, 0.3) is 0 Å². The zero-order chi connectivity index (χ0) is 11.4. The molecular formula is C10H18N4O. The van der Waals surface area contributed by atoms with Gasteiger partial charge < -0.3 is 15.8 Å². The molecule has 0 atom stereocenters. The number of rotatable bonds is 4. The molecule has 1 rings (SSSR count). The number of hydrogen-bond acceptors (Lipinski definition) is 5. The van der Waals surface area contributed by atoms with Gasteiger partial charge in [0.25, 0.3) is 0 Å². The third-order valence-corrected chi connectivity index (χ3v) is 1.89. The zero-order valence-corrected chi connectivity index (χ0v) is 9.66. The van der Waals surface area contributed by atoms with Crippen molar-refractivity contribution in [3.63, 3.8) is 0 Å². The van der Waals surface area contributed by atoms with Crippen molar-refractivity contribution in [1.29, 1.82) is 0 Å². The van der Waals surface area contributed by atoms with Crippen LogP contribution in [0.2, 0.25) is 0 Å². The number of hydrogen-bond donors (Lipinski definition) is 2. The Morgan fingerprint density at radius 3 is 2.60 bits per heavy atom. The van der Waals surface area contributed by atoms with Crippen LogP contribution in [0.15, 0.2) is 0 Å². The second-order valence-corrected chi connectivity index (χ2v) is 3.82. The van der Waals surface area contributed by atoms with E-state index < -0.39 is 0 Å². The van der Waals surface area contributed by atoms with Crippen molar-refractivity contribution >= 4 is 11.5 Å². The average molecular weight is 210 g/mol. The fourth-order valence-corrected chi connectivity index (χ4v) is 1.15. The molecule has 0 unspecified atom stereocenters. The molecule has 5 heteroatoms. The Bertz CT molecular complexity index is 338. The van der Waals surface area contributed by atoms with Crippen LogP contribution >= 0.6 is 0 Å². The molecule has 0 amide bonds. The molecule has 0 fully saturated rings. The Hall–Kier alpha value is -1.52. The minimum atomic E-state index is 0.425. The standard InChI is InChI=1S/C10H18N4O/c1-6(2)5-12-9-8(11)10(15-4)14-7(3)13-9/h6H,5,11H2,1-4H3,(H,12,13,14). The normalized spacial score (nSPS) is 10.5. The van der Waals surface area contributed by atoms with Crippen LogP contribution < -0.4 is 15.8 Å². The lowest BCUT2D eigenvalue weighted by molar-refractivity contribution is 0.398. The second kappa shape index (κ2) is 4.82. The third kappa shape index (κ3) is 2.97. The fourth-order valence-electron chi connectivity index (χ4n) is 1.15. The number of aromatic nitrogens is 2. The van der Waals surface area contributed by atoms with Crippen molar-refractivity contribution < 1.29 is 4.74 Å². The molecule has 0 aliphatic rings. The van der Waals surface area contributed by atoms with E-state index in [9.17, 15) is 0 Å². The van der Waals surface area contributed by atoms with Gasteiger partial charge in [-0.05, 0) is 12.8 Å². The minimum absolute atomic E-state index is 0.425. The van der Waals surface area contributed by atoms with Crippen LogP contribution in [0, 0.1) is 12.8 Å². The Morgan fingerprint density at radius 1 is 1.40 bits per heavy atom. The van der Waals surface area contributed by atoms with E-state index in [4.69, 9.17) is 10.5 Å². The second-order valence-electron chi connectivity index (χ2n) is 3.82. The number of nitrogen functional groups attached to an aromatic ring is 1. The Morgan fingerprint density at radius 2 is 2.07 bits per heavy atom. The maximum atomic E-state index is 5.84. The van der Waals surface area contributed by atoms with E-state index in [2.05, 4.69) is 29.1 Å². The molecule has 0 aliphatic heterocycles. The molecule has 0 spiro atoms. The molecule has 84 valence electrons. The van der Waals surface area contributed by atoms with Gasteiger partial charge in [0, 0.05) is 6.54 Å². The van der Waals surface area contributed by atoms with Crippen LogP contribution in [0.4, 0.5) is 11.5 Å². The summed E-state index contributed by atoms with van der Waals surface area (Å²) in [6.07, 6.45) is 0. The van der Waals surface area contributed by atoms with Crippen LogP contribution in [0.1, 0.15) is 19.7 Å². The third-order valence-electron chi connectivity index (χ3n) is 1.89. The first kappa shape index (κ1) is 11.6.